The molecule has 2 saturated heterocycles. The highest BCUT2D eigenvalue weighted by Crippen LogP contribution is 2.30. The molecule has 7 nitrogen and oxygen atoms in total. The van der Waals surface area contributed by atoms with E-state index in [2.05, 4.69) is 10.9 Å². The lowest BCUT2D eigenvalue weighted by Crippen LogP contribution is -2.48. The molecule has 136 valence electrons. The fraction of sp³-hybridized carbons (Fsp3) is 0.529. The van der Waals surface area contributed by atoms with Gasteiger partial charge in [0, 0.05) is 30.8 Å². The van der Waals surface area contributed by atoms with Gasteiger partial charge in [-0.25, -0.2) is 10.9 Å². The molecule has 0 saturated carbocycles. The molecule has 3 rings (SSSR count). The van der Waals surface area contributed by atoms with Crippen LogP contribution in [0.3, 0.4) is 0 Å². The molecule has 0 spiro atoms. The lowest BCUT2D eigenvalue weighted by Gasteiger charge is -2.26. The van der Waals surface area contributed by atoms with Crippen molar-refractivity contribution < 1.29 is 19.4 Å². The second kappa shape index (κ2) is 7.70. The van der Waals surface area contributed by atoms with Gasteiger partial charge in [-0.3, -0.25) is 9.59 Å². The highest BCUT2D eigenvalue weighted by atomic mass is 35.5. The molecular weight excluding hydrogens is 346 g/mol. The number of aliphatic carboxylic acids is 1. The first-order valence-corrected chi connectivity index (χ1v) is 8.68. The molecule has 2 heterocycles. The largest absolute Gasteiger partial charge is 0.481 e. The van der Waals surface area contributed by atoms with E-state index < -0.39 is 12.0 Å². The summed E-state index contributed by atoms with van der Waals surface area (Å²) in [5.41, 5.74) is 7.08. The molecule has 1 aromatic rings. The topological polar surface area (TPSA) is 90.9 Å². The number of carbonyl (C=O) groups is 2. The number of hydrazine groups is 1. The number of carboxylic acid groups (broad SMARTS) is 1. The van der Waals surface area contributed by atoms with Crippen LogP contribution in [0.15, 0.2) is 24.3 Å². The third kappa shape index (κ3) is 3.95. The quantitative estimate of drug-likeness (QED) is 0.727. The van der Waals surface area contributed by atoms with Crippen molar-refractivity contribution in [3.63, 3.8) is 0 Å². The highest BCUT2D eigenvalue weighted by Gasteiger charge is 2.41. The van der Waals surface area contributed by atoms with Gasteiger partial charge in [-0.2, -0.15) is 0 Å². The smallest absolute Gasteiger partial charge is 0.305 e. The number of benzene rings is 1. The number of hydrogen-bond donors (Lipinski definition) is 3. The Hall–Kier alpha value is -1.67. The van der Waals surface area contributed by atoms with E-state index >= 15 is 0 Å². The predicted octanol–water partition coefficient (Wildman–Crippen LogP) is 1.34. The van der Waals surface area contributed by atoms with Crippen LogP contribution in [0.1, 0.15) is 30.9 Å². The Morgan fingerprint density at radius 3 is 2.76 bits per heavy atom. The SMILES string of the molecule is COC1CC(CC(=O)O)N(C(=O)C2CC(c3ccccc3Cl)NN2)C1. The van der Waals surface area contributed by atoms with Crippen LogP contribution < -0.4 is 10.9 Å². The van der Waals surface area contributed by atoms with Crippen molar-refractivity contribution in [2.75, 3.05) is 13.7 Å². The molecule has 0 radical (unpaired) electrons. The number of ether oxygens (including phenoxy) is 1. The van der Waals surface area contributed by atoms with Gasteiger partial charge in [0.2, 0.25) is 5.91 Å². The van der Waals surface area contributed by atoms with Crippen LogP contribution in [0, 0.1) is 0 Å². The summed E-state index contributed by atoms with van der Waals surface area (Å²) in [4.78, 5) is 25.6. The summed E-state index contributed by atoms with van der Waals surface area (Å²) < 4.78 is 5.33. The minimum absolute atomic E-state index is 0.0681. The number of carboxylic acids is 1. The summed E-state index contributed by atoms with van der Waals surface area (Å²) >= 11 is 6.23. The molecule has 25 heavy (non-hydrogen) atoms. The number of carbonyl (C=O) groups excluding carboxylic acids is 1. The summed E-state index contributed by atoms with van der Waals surface area (Å²) in [6.07, 6.45) is 0.903. The van der Waals surface area contributed by atoms with Gasteiger partial charge >= 0.3 is 5.97 Å². The monoisotopic (exact) mass is 367 g/mol. The number of likely N-dealkylation sites (tertiary alicyclic amines) is 1. The van der Waals surface area contributed by atoms with E-state index in [-0.39, 0.29) is 30.5 Å². The average molecular weight is 368 g/mol. The normalized spacial score (nSPS) is 29.1. The molecule has 4 unspecified atom stereocenters. The number of methoxy groups -OCH3 is 1. The average Bonchev–Trinajstić information content (AvgIpc) is 3.21. The van der Waals surface area contributed by atoms with E-state index in [0.717, 1.165) is 5.56 Å². The molecular formula is C17H22ClN3O4. The highest BCUT2D eigenvalue weighted by molar-refractivity contribution is 6.31. The van der Waals surface area contributed by atoms with Crippen LogP contribution in [0.25, 0.3) is 0 Å². The van der Waals surface area contributed by atoms with Gasteiger partial charge in [0.25, 0.3) is 0 Å². The number of hydrogen-bond acceptors (Lipinski definition) is 5. The van der Waals surface area contributed by atoms with Crippen LogP contribution in [0.4, 0.5) is 0 Å². The molecule has 0 bridgehead atoms. The van der Waals surface area contributed by atoms with E-state index in [1.807, 2.05) is 24.3 Å². The van der Waals surface area contributed by atoms with E-state index in [1.165, 1.54) is 0 Å². The number of amides is 1. The Morgan fingerprint density at radius 1 is 1.32 bits per heavy atom. The third-order valence-corrected chi connectivity index (χ3v) is 5.23. The van der Waals surface area contributed by atoms with E-state index in [1.54, 1.807) is 12.0 Å². The molecule has 2 aliphatic rings. The fourth-order valence-corrected chi connectivity index (χ4v) is 3.86. The minimum atomic E-state index is -0.911. The van der Waals surface area contributed by atoms with Crippen molar-refractivity contribution >= 4 is 23.5 Å². The van der Waals surface area contributed by atoms with Gasteiger partial charge in [-0.05, 0) is 24.5 Å². The van der Waals surface area contributed by atoms with Crippen molar-refractivity contribution in [2.24, 2.45) is 0 Å². The second-order valence-corrected chi connectivity index (χ2v) is 6.89. The predicted molar refractivity (Wildman–Crippen MR) is 92.0 cm³/mol. The first kappa shape index (κ1) is 18.1. The summed E-state index contributed by atoms with van der Waals surface area (Å²) in [5.74, 6) is -1.01. The molecule has 1 amide bonds. The number of nitrogens with zero attached hydrogens (tertiary/aromatic N) is 1. The minimum Gasteiger partial charge on any atom is -0.481 e. The lowest BCUT2D eigenvalue weighted by molar-refractivity contribution is -0.140. The van der Waals surface area contributed by atoms with Gasteiger partial charge in [-0.1, -0.05) is 29.8 Å². The second-order valence-electron chi connectivity index (χ2n) is 6.49. The maximum atomic E-state index is 12.9. The summed E-state index contributed by atoms with van der Waals surface area (Å²) in [6.45, 7) is 0.419. The molecule has 1 aromatic carbocycles. The molecule has 0 aliphatic carbocycles. The fourth-order valence-electron chi connectivity index (χ4n) is 3.59. The Bertz CT molecular complexity index is 657. The Balaban J connectivity index is 1.68. The van der Waals surface area contributed by atoms with Gasteiger partial charge in [0.05, 0.1) is 12.5 Å². The number of halogens is 1. The van der Waals surface area contributed by atoms with E-state index in [4.69, 9.17) is 21.4 Å². The molecule has 3 N–H and O–H groups in total. The number of rotatable bonds is 5. The maximum Gasteiger partial charge on any atom is 0.305 e. The van der Waals surface area contributed by atoms with Crippen LogP contribution >= 0.6 is 11.6 Å². The van der Waals surface area contributed by atoms with E-state index in [0.29, 0.717) is 24.4 Å². The van der Waals surface area contributed by atoms with Crippen molar-refractivity contribution in [2.45, 2.75) is 43.5 Å². The molecule has 2 fully saturated rings. The standard InChI is InChI=1S/C17H22ClN3O4/c1-25-11-6-10(7-16(22)23)21(9-11)17(24)15-8-14(19-20-15)12-4-2-3-5-13(12)18/h2-5,10-11,14-15,19-20H,6-9H2,1H3,(H,22,23). The summed E-state index contributed by atoms with van der Waals surface area (Å²) in [6, 6.07) is 6.69. The number of nitrogens with one attached hydrogen (secondary N) is 2. The summed E-state index contributed by atoms with van der Waals surface area (Å²) in [7, 11) is 1.58. The Morgan fingerprint density at radius 2 is 2.08 bits per heavy atom. The first-order valence-electron chi connectivity index (χ1n) is 8.30. The summed E-state index contributed by atoms with van der Waals surface area (Å²) in [5, 5.41) is 9.75. The maximum absolute atomic E-state index is 12.9. The van der Waals surface area contributed by atoms with Crippen molar-refractivity contribution in [3.05, 3.63) is 34.9 Å². The zero-order valence-corrected chi connectivity index (χ0v) is 14.7. The van der Waals surface area contributed by atoms with Crippen molar-refractivity contribution in [3.8, 4) is 0 Å². The van der Waals surface area contributed by atoms with Crippen molar-refractivity contribution in [1.82, 2.24) is 15.8 Å². The zero-order chi connectivity index (χ0) is 18.0. The molecule has 4 atom stereocenters. The molecule has 8 heteroatoms. The molecule has 2 aliphatic heterocycles. The zero-order valence-electron chi connectivity index (χ0n) is 13.9. The molecule has 0 aromatic heterocycles. The van der Waals surface area contributed by atoms with Gasteiger partial charge in [-0.15, -0.1) is 0 Å². The van der Waals surface area contributed by atoms with Crippen LogP contribution in [0.5, 0.6) is 0 Å². The van der Waals surface area contributed by atoms with Gasteiger partial charge < -0.3 is 14.7 Å². The first-order chi connectivity index (χ1) is 12.0. The van der Waals surface area contributed by atoms with Crippen molar-refractivity contribution in [1.29, 1.82) is 0 Å². The van der Waals surface area contributed by atoms with Crippen LogP contribution in [-0.4, -0.2) is 53.7 Å². The van der Waals surface area contributed by atoms with Gasteiger partial charge in [0.1, 0.15) is 6.04 Å². The Kier molecular flexibility index (Phi) is 5.58. The van der Waals surface area contributed by atoms with Gasteiger partial charge in [0.15, 0.2) is 0 Å². The van der Waals surface area contributed by atoms with Crippen LogP contribution in [-0.2, 0) is 14.3 Å². The lowest BCUT2D eigenvalue weighted by atomic mass is 10.0. The third-order valence-electron chi connectivity index (χ3n) is 4.88. The van der Waals surface area contributed by atoms with Crippen LogP contribution in [0.2, 0.25) is 5.02 Å². The van der Waals surface area contributed by atoms with E-state index in [9.17, 15) is 9.59 Å². The Labute approximate surface area is 151 Å².